The lowest BCUT2D eigenvalue weighted by Gasteiger charge is -2.04. The van der Waals surface area contributed by atoms with E-state index in [1.165, 1.54) is 57.8 Å². The number of hydrogen-bond acceptors (Lipinski definition) is 4. The summed E-state index contributed by atoms with van der Waals surface area (Å²) in [5.41, 5.74) is 6.28. The number of aryl methyl sites for hydroxylation is 1. The average molecular weight is 319 g/mol. The molecule has 0 fully saturated rings. The van der Waals surface area contributed by atoms with Gasteiger partial charge in [-0.3, -0.25) is 9.78 Å². The molecule has 0 atom stereocenters. The molecule has 0 aromatic carbocycles. The standard InChI is InChI=1S/C17H29N5O/c1-2-3-4-5-6-7-8-9-10-11-12-22-13-19-14-15(22)20-17(18)21-16(14)23/h13H,2-12H2,1H3,(H3,18,20,21,23). The van der Waals surface area contributed by atoms with Crippen molar-refractivity contribution >= 4 is 17.1 Å². The van der Waals surface area contributed by atoms with Crippen LogP contribution < -0.4 is 11.3 Å². The molecular weight excluding hydrogens is 290 g/mol. The van der Waals surface area contributed by atoms with Gasteiger partial charge in [0, 0.05) is 6.54 Å². The van der Waals surface area contributed by atoms with Gasteiger partial charge in [0.1, 0.15) is 0 Å². The molecule has 0 aliphatic carbocycles. The van der Waals surface area contributed by atoms with Crippen LogP contribution in [0.1, 0.15) is 71.1 Å². The van der Waals surface area contributed by atoms with Crippen molar-refractivity contribution in [3.63, 3.8) is 0 Å². The molecule has 3 N–H and O–H groups in total. The molecule has 6 heteroatoms. The summed E-state index contributed by atoms with van der Waals surface area (Å²) in [6.07, 6.45) is 14.7. The van der Waals surface area contributed by atoms with Gasteiger partial charge in [0.15, 0.2) is 11.2 Å². The van der Waals surface area contributed by atoms with Gasteiger partial charge in [0.2, 0.25) is 5.95 Å². The van der Waals surface area contributed by atoms with Crippen molar-refractivity contribution in [3.05, 3.63) is 16.7 Å². The molecule has 6 nitrogen and oxygen atoms in total. The van der Waals surface area contributed by atoms with E-state index in [4.69, 9.17) is 5.73 Å². The van der Waals surface area contributed by atoms with Crippen LogP contribution >= 0.6 is 0 Å². The predicted molar refractivity (Wildman–Crippen MR) is 94.4 cm³/mol. The SMILES string of the molecule is CCCCCCCCCCCCn1cnc2c(=O)[nH]c(N)nc21. The van der Waals surface area contributed by atoms with Crippen molar-refractivity contribution in [3.8, 4) is 0 Å². The van der Waals surface area contributed by atoms with Crippen molar-refractivity contribution in [2.75, 3.05) is 5.73 Å². The van der Waals surface area contributed by atoms with Crippen LogP contribution in [-0.4, -0.2) is 19.5 Å². The fraction of sp³-hybridized carbons (Fsp3) is 0.706. The van der Waals surface area contributed by atoms with Crippen LogP contribution in [0.4, 0.5) is 5.95 Å². The number of H-pyrrole nitrogens is 1. The zero-order valence-corrected chi connectivity index (χ0v) is 14.2. The van der Waals surface area contributed by atoms with Crippen molar-refractivity contribution < 1.29 is 0 Å². The largest absolute Gasteiger partial charge is 0.369 e. The second kappa shape index (κ2) is 9.33. The summed E-state index contributed by atoms with van der Waals surface area (Å²) in [6, 6.07) is 0. The van der Waals surface area contributed by atoms with Crippen molar-refractivity contribution in [1.82, 2.24) is 19.5 Å². The minimum atomic E-state index is -0.269. The summed E-state index contributed by atoms with van der Waals surface area (Å²) in [6.45, 7) is 3.09. The quantitative estimate of drug-likeness (QED) is 0.619. The van der Waals surface area contributed by atoms with E-state index >= 15 is 0 Å². The summed E-state index contributed by atoms with van der Waals surface area (Å²) in [4.78, 5) is 22.5. The summed E-state index contributed by atoms with van der Waals surface area (Å²) in [5, 5.41) is 0. The Bertz CT molecular complexity index is 646. The van der Waals surface area contributed by atoms with E-state index in [0.29, 0.717) is 11.2 Å². The van der Waals surface area contributed by atoms with Gasteiger partial charge in [-0.25, -0.2) is 4.98 Å². The topological polar surface area (TPSA) is 89.6 Å². The molecule has 23 heavy (non-hydrogen) atoms. The highest BCUT2D eigenvalue weighted by Crippen LogP contribution is 2.12. The zero-order chi connectivity index (χ0) is 16.5. The van der Waals surface area contributed by atoms with Gasteiger partial charge in [-0.05, 0) is 6.42 Å². The monoisotopic (exact) mass is 319 g/mol. The Morgan fingerprint density at radius 1 is 1.04 bits per heavy atom. The lowest BCUT2D eigenvalue weighted by atomic mass is 10.1. The van der Waals surface area contributed by atoms with Crippen LogP contribution in [0.15, 0.2) is 11.1 Å². The highest BCUT2D eigenvalue weighted by molar-refractivity contribution is 5.70. The Hall–Kier alpha value is -1.85. The van der Waals surface area contributed by atoms with Gasteiger partial charge in [0.05, 0.1) is 6.33 Å². The van der Waals surface area contributed by atoms with Crippen LogP contribution in [-0.2, 0) is 6.54 Å². The number of nitrogens with two attached hydrogens (primary N) is 1. The Morgan fingerprint density at radius 3 is 2.30 bits per heavy atom. The molecule has 0 unspecified atom stereocenters. The smallest absolute Gasteiger partial charge is 0.280 e. The van der Waals surface area contributed by atoms with Gasteiger partial charge in [0.25, 0.3) is 5.56 Å². The summed E-state index contributed by atoms with van der Waals surface area (Å²) >= 11 is 0. The van der Waals surface area contributed by atoms with Crippen LogP contribution in [0.25, 0.3) is 11.2 Å². The van der Waals surface area contributed by atoms with E-state index in [1.54, 1.807) is 6.33 Å². The van der Waals surface area contributed by atoms with E-state index in [0.717, 1.165) is 13.0 Å². The predicted octanol–water partition coefficient (Wildman–Crippen LogP) is 3.62. The number of hydrogen-bond donors (Lipinski definition) is 2. The number of fused-ring (bicyclic) bond motifs is 1. The normalized spacial score (nSPS) is 11.3. The molecule has 0 spiro atoms. The molecule has 2 rings (SSSR count). The first-order valence-electron chi connectivity index (χ1n) is 8.93. The third-order valence-electron chi connectivity index (χ3n) is 4.25. The molecule has 0 bridgehead atoms. The number of unbranched alkanes of at least 4 members (excludes halogenated alkanes) is 9. The van der Waals surface area contributed by atoms with Crippen molar-refractivity contribution in [1.29, 1.82) is 0 Å². The zero-order valence-electron chi connectivity index (χ0n) is 14.2. The van der Waals surface area contributed by atoms with Gasteiger partial charge < -0.3 is 10.3 Å². The molecule has 0 aliphatic heterocycles. The maximum absolute atomic E-state index is 11.7. The fourth-order valence-electron chi connectivity index (χ4n) is 2.90. The lowest BCUT2D eigenvalue weighted by molar-refractivity contribution is 0.537. The molecule has 2 aromatic rings. The molecule has 0 aliphatic rings. The maximum Gasteiger partial charge on any atom is 0.280 e. The van der Waals surface area contributed by atoms with Crippen LogP contribution in [0.5, 0.6) is 0 Å². The van der Waals surface area contributed by atoms with E-state index < -0.39 is 0 Å². The first kappa shape index (κ1) is 17.5. The Labute approximate surface area is 137 Å². The lowest BCUT2D eigenvalue weighted by Crippen LogP contribution is -2.12. The molecule has 0 saturated carbocycles. The van der Waals surface area contributed by atoms with E-state index in [-0.39, 0.29) is 11.5 Å². The fourth-order valence-corrected chi connectivity index (χ4v) is 2.90. The highest BCUT2D eigenvalue weighted by atomic mass is 16.1. The number of nitrogens with one attached hydrogen (secondary N) is 1. The molecule has 2 heterocycles. The molecule has 0 saturated heterocycles. The van der Waals surface area contributed by atoms with E-state index in [2.05, 4.69) is 21.9 Å². The molecular formula is C17H29N5O. The minimum Gasteiger partial charge on any atom is -0.369 e. The van der Waals surface area contributed by atoms with Gasteiger partial charge in [-0.15, -0.1) is 0 Å². The number of aromatic amines is 1. The minimum absolute atomic E-state index is 0.146. The number of rotatable bonds is 11. The van der Waals surface area contributed by atoms with E-state index in [9.17, 15) is 4.79 Å². The van der Waals surface area contributed by atoms with Gasteiger partial charge >= 0.3 is 0 Å². The Kier molecular flexibility index (Phi) is 7.10. The molecule has 128 valence electrons. The number of imidazole rings is 1. The summed E-state index contributed by atoms with van der Waals surface area (Å²) < 4.78 is 1.92. The Morgan fingerprint density at radius 2 is 1.65 bits per heavy atom. The van der Waals surface area contributed by atoms with Crippen LogP contribution in [0.3, 0.4) is 0 Å². The number of aromatic nitrogens is 4. The third-order valence-corrected chi connectivity index (χ3v) is 4.25. The summed E-state index contributed by atoms with van der Waals surface area (Å²) in [5.74, 6) is 0.146. The third kappa shape index (κ3) is 5.37. The maximum atomic E-state index is 11.7. The number of nitrogen functional groups attached to an aromatic ring is 1. The second-order valence-electron chi connectivity index (χ2n) is 6.24. The summed E-state index contributed by atoms with van der Waals surface area (Å²) in [7, 11) is 0. The van der Waals surface area contributed by atoms with Crippen LogP contribution in [0, 0.1) is 0 Å². The molecule has 0 amide bonds. The van der Waals surface area contributed by atoms with Crippen LogP contribution in [0.2, 0.25) is 0 Å². The van der Waals surface area contributed by atoms with Crippen molar-refractivity contribution in [2.24, 2.45) is 0 Å². The highest BCUT2D eigenvalue weighted by Gasteiger charge is 2.08. The van der Waals surface area contributed by atoms with Crippen molar-refractivity contribution in [2.45, 2.75) is 77.7 Å². The van der Waals surface area contributed by atoms with Gasteiger partial charge in [-0.1, -0.05) is 64.7 Å². The first-order chi connectivity index (χ1) is 11.2. The van der Waals surface area contributed by atoms with E-state index in [1.807, 2.05) is 4.57 Å². The number of anilines is 1. The van der Waals surface area contributed by atoms with Gasteiger partial charge in [-0.2, -0.15) is 4.98 Å². The first-order valence-corrected chi connectivity index (χ1v) is 8.93. The molecule has 0 radical (unpaired) electrons. The number of nitrogens with zero attached hydrogens (tertiary/aromatic N) is 3. The average Bonchev–Trinajstić information content (AvgIpc) is 2.92. The second-order valence-corrected chi connectivity index (χ2v) is 6.24. The Balaban J connectivity index is 1.64. The molecule has 2 aromatic heterocycles.